The van der Waals surface area contributed by atoms with Gasteiger partial charge in [0, 0.05) is 30.6 Å². The first-order chi connectivity index (χ1) is 15.3. The number of fused-ring (bicyclic) bond motifs is 1. The van der Waals surface area contributed by atoms with Crippen LogP contribution in [0, 0.1) is 26.6 Å². The molecule has 0 spiro atoms. The summed E-state index contributed by atoms with van der Waals surface area (Å²) in [5.41, 5.74) is 0.0441. The fourth-order valence-electron chi connectivity index (χ4n) is 4.10. The van der Waals surface area contributed by atoms with Gasteiger partial charge in [-0.3, -0.25) is 24.3 Å². The number of carbonyl (C=O) groups excluding carboxylic acids is 1. The van der Waals surface area contributed by atoms with E-state index in [1.807, 2.05) is 18.2 Å². The maximum Gasteiger partial charge on any atom is 0.305 e. The third-order valence-corrected chi connectivity index (χ3v) is 6.24. The third-order valence-electron chi connectivity index (χ3n) is 5.91. The number of hydrogen-bond donors (Lipinski definition) is 1. The minimum absolute atomic E-state index is 0.132. The number of hydrogen-bond acceptors (Lipinski definition) is 6. The number of aromatic amines is 1. The van der Waals surface area contributed by atoms with Gasteiger partial charge in [0.2, 0.25) is 5.82 Å². The SMILES string of the molecule is O=C(c1ccc(F)c([N+](=O)[O-])c1)C1CCN(CCn2c(=S)[nH]c3ccccc3c2=O)CC1. The van der Waals surface area contributed by atoms with E-state index in [9.17, 15) is 24.1 Å². The van der Waals surface area contributed by atoms with E-state index in [0.717, 1.165) is 12.1 Å². The van der Waals surface area contributed by atoms with E-state index in [1.165, 1.54) is 6.07 Å². The number of nitrogens with one attached hydrogen (secondary N) is 1. The lowest BCUT2D eigenvalue weighted by molar-refractivity contribution is -0.387. The average molecular weight is 456 g/mol. The van der Waals surface area contributed by atoms with Gasteiger partial charge in [-0.2, -0.15) is 4.39 Å². The summed E-state index contributed by atoms with van der Waals surface area (Å²) in [4.78, 5) is 40.9. The van der Waals surface area contributed by atoms with E-state index in [1.54, 1.807) is 10.6 Å². The minimum Gasteiger partial charge on any atom is -0.332 e. The third kappa shape index (κ3) is 4.37. The zero-order valence-corrected chi connectivity index (χ0v) is 17.9. The molecule has 1 saturated heterocycles. The molecule has 2 heterocycles. The number of para-hydroxylation sites is 1. The van der Waals surface area contributed by atoms with Crippen LogP contribution in [-0.2, 0) is 6.54 Å². The number of rotatable bonds is 6. The van der Waals surface area contributed by atoms with Crippen molar-refractivity contribution in [3.05, 3.63) is 79.1 Å². The van der Waals surface area contributed by atoms with Crippen LogP contribution in [0.5, 0.6) is 0 Å². The van der Waals surface area contributed by atoms with Crippen molar-refractivity contribution < 1.29 is 14.1 Å². The Morgan fingerprint density at radius 1 is 1.19 bits per heavy atom. The molecule has 2 aromatic carbocycles. The van der Waals surface area contributed by atoms with Gasteiger partial charge in [0.15, 0.2) is 10.6 Å². The van der Waals surface area contributed by atoms with E-state index in [0.29, 0.717) is 54.7 Å². The van der Waals surface area contributed by atoms with Gasteiger partial charge in [-0.1, -0.05) is 12.1 Å². The highest BCUT2D eigenvalue weighted by Gasteiger charge is 2.27. The number of aromatic nitrogens is 2. The van der Waals surface area contributed by atoms with Gasteiger partial charge < -0.3 is 9.88 Å². The van der Waals surface area contributed by atoms with Gasteiger partial charge in [0.25, 0.3) is 5.56 Å². The molecule has 1 N–H and O–H groups in total. The number of nitro groups is 1. The molecule has 0 amide bonds. The molecule has 1 aromatic heterocycles. The number of likely N-dealkylation sites (tertiary alicyclic amines) is 1. The molecular formula is C22H21FN4O4S. The molecule has 3 aromatic rings. The topological polar surface area (TPSA) is 101 Å². The number of H-pyrrole nitrogens is 1. The molecule has 0 atom stereocenters. The molecule has 4 rings (SSSR count). The summed E-state index contributed by atoms with van der Waals surface area (Å²) in [6, 6.07) is 10.5. The van der Waals surface area contributed by atoms with E-state index >= 15 is 0 Å². The van der Waals surface area contributed by atoms with Crippen molar-refractivity contribution in [3.8, 4) is 0 Å². The first-order valence-electron chi connectivity index (χ1n) is 10.3. The van der Waals surface area contributed by atoms with Gasteiger partial charge >= 0.3 is 5.69 Å². The summed E-state index contributed by atoms with van der Waals surface area (Å²) in [5.74, 6) is -1.44. The largest absolute Gasteiger partial charge is 0.332 e. The Bertz CT molecular complexity index is 1310. The molecule has 166 valence electrons. The maximum absolute atomic E-state index is 13.6. The molecule has 0 radical (unpaired) electrons. The van der Waals surface area contributed by atoms with Crippen LogP contribution in [0.25, 0.3) is 10.9 Å². The smallest absolute Gasteiger partial charge is 0.305 e. The highest BCUT2D eigenvalue weighted by Crippen LogP contribution is 2.25. The molecule has 10 heteroatoms. The van der Waals surface area contributed by atoms with Crippen LogP contribution in [0.15, 0.2) is 47.3 Å². The fraction of sp³-hybridized carbons (Fsp3) is 0.318. The van der Waals surface area contributed by atoms with Crippen LogP contribution >= 0.6 is 12.2 Å². The molecule has 1 aliphatic rings. The highest BCUT2D eigenvalue weighted by atomic mass is 32.1. The van der Waals surface area contributed by atoms with Crippen LogP contribution in [-0.4, -0.2) is 44.8 Å². The van der Waals surface area contributed by atoms with Crippen LogP contribution in [0.4, 0.5) is 10.1 Å². The maximum atomic E-state index is 13.6. The number of carbonyl (C=O) groups is 1. The standard InChI is InChI=1S/C22H21FN4O4S/c23-17-6-5-15(13-19(17)27(30)31)20(28)14-7-9-25(10-8-14)11-12-26-21(29)16-3-1-2-4-18(16)24-22(26)32/h1-6,13-14H,7-12H2,(H,24,32). The predicted octanol–water partition coefficient (Wildman–Crippen LogP) is 3.70. The number of nitrogens with zero attached hydrogens (tertiary/aromatic N) is 3. The number of ketones is 1. The molecule has 0 bridgehead atoms. The molecule has 1 aliphatic heterocycles. The molecule has 8 nitrogen and oxygen atoms in total. The normalized spacial score (nSPS) is 15.2. The zero-order valence-electron chi connectivity index (χ0n) is 17.1. The van der Waals surface area contributed by atoms with Crippen LogP contribution < -0.4 is 5.56 Å². The van der Waals surface area contributed by atoms with Crippen LogP contribution in [0.1, 0.15) is 23.2 Å². The molecule has 0 unspecified atom stereocenters. The van der Waals surface area contributed by atoms with Crippen molar-refractivity contribution >= 4 is 34.6 Å². The second-order valence-electron chi connectivity index (χ2n) is 7.84. The van der Waals surface area contributed by atoms with Crippen molar-refractivity contribution in [2.75, 3.05) is 19.6 Å². The Labute approximate surface area is 187 Å². The van der Waals surface area contributed by atoms with Gasteiger partial charge in [0.1, 0.15) is 0 Å². The number of halogens is 1. The second-order valence-corrected chi connectivity index (χ2v) is 8.22. The quantitative estimate of drug-likeness (QED) is 0.263. The van der Waals surface area contributed by atoms with Crippen molar-refractivity contribution in [3.63, 3.8) is 0 Å². The van der Waals surface area contributed by atoms with Crippen molar-refractivity contribution in [1.82, 2.24) is 14.5 Å². The lowest BCUT2D eigenvalue weighted by atomic mass is 9.88. The zero-order chi connectivity index (χ0) is 22.8. The summed E-state index contributed by atoms with van der Waals surface area (Å²) >= 11 is 5.35. The summed E-state index contributed by atoms with van der Waals surface area (Å²) in [6.07, 6.45) is 1.17. The Morgan fingerprint density at radius 3 is 2.62 bits per heavy atom. The second kappa shape index (κ2) is 9.09. The summed E-state index contributed by atoms with van der Waals surface area (Å²) < 4.78 is 15.5. The molecular weight excluding hydrogens is 435 g/mol. The van der Waals surface area contributed by atoms with Crippen molar-refractivity contribution in [1.29, 1.82) is 0 Å². The van der Waals surface area contributed by atoms with Gasteiger partial charge in [0.05, 0.1) is 15.8 Å². The summed E-state index contributed by atoms with van der Waals surface area (Å²) in [7, 11) is 0. The van der Waals surface area contributed by atoms with E-state index in [4.69, 9.17) is 12.2 Å². The monoisotopic (exact) mass is 456 g/mol. The number of Topliss-reactive ketones (excluding diaryl/α,β-unsaturated/α-hetero) is 1. The van der Waals surface area contributed by atoms with Gasteiger partial charge in [-0.25, -0.2) is 0 Å². The average Bonchev–Trinajstić information content (AvgIpc) is 2.79. The first kappa shape index (κ1) is 22.0. The first-order valence-corrected chi connectivity index (χ1v) is 10.7. The Hall–Kier alpha value is -3.24. The molecule has 0 saturated carbocycles. The predicted molar refractivity (Wildman–Crippen MR) is 120 cm³/mol. The number of nitro benzene ring substituents is 1. The highest BCUT2D eigenvalue weighted by molar-refractivity contribution is 7.71. The summed E-state index contributed by atoms with van der Waals surface area (Å²) in [6.45, 7) is 2.34. The van der Waals surface area contributed by atoms with E-state index in [-0.39, 0.29) is 22.8 Å². The van der Waals surface area contributed by atoms with Gasteiger partial charge in [-0.15, -0.1) is 0 Å². The van der Waals surface area contributed by atoms with Crippen LogP contribution in [0.3, 0.4) is 0 Å². The van der Waals surface area contributed by atoms with E-state index in [2.05, 4.69) is 9.88 Å². The Morgan fingerprint density at radius 2 is 1.91 bits per heavy atom. The lowest BCUT2D eigenvalue weighted by Crippen LogP contribution is -2.39. The lowest BCUT2D eigenvalue weighted by Gasteiger charge is -2.31. The molecule has 0 aliphatic carbocycles. The van der Waals surface area contributed by atoms with Gasteiger partial charge in [-0.05, 0) is 62.4 Å². The van der Waals surface area contributed by atoms with Crippen molar-refractivity contribution in [2.45, 2.75) is 19.4 Å². The molecule has 1 fully saturated rings. The Balaban J connectivity index is 1.39. The summed E-state index contributed by atoms with van der Waals surface area (Å²) in [5, 5.41) is 11.5. The van der Waals surface area contributed by atoms with Crippen molar-refractivity contribution in [2.24, 2.45) is 5.92 Å². The van der Waals surface area contributed by atoms with E-state index < -0.39 is 16.4 Å². The Kier molecular flexibility index (Phi) is 6.24. The number of benzene rings is 2. The fourth-order valence-corrected chi connectivity index (χ4v) is 4.39. The minimum atomic E-state index is -0.955. The van der Waals surface area contributed by atoms with Crippen LogP contribution in [0.2, 0.25) is 0 Å². The number of piperidine rings is 1. The molecule has 32 heavy (non-hydrogen) atoms.